The van der Waals surface area contributed by atoms with Gasteiger partial charge in [-0.25, -0.2) is 0 Å². The summed E-state index contributed by atoms with van der Waals surface area (Å²) in [6, 6.07) is 77.9. The molecule has 0 N–H and O–H groups in total. The van der Waals surface area contributed by atoms with Gasteiger partial charge in [0.2, 0.25) is 0 Å². The maximum Gasteiger partial charge on any atom is 0.318 e. The van der Waals surface area contributed by atoms with Crippen LogP contribution in [0.1, 0.15) is 0 Å². The molecule has 11 rings (SSSR count). The van der Waals surface area contributed by atoms with Crippen molar-refractivity contribution in [3.05, 3.63) is 206 Å². The second kappa shape index (κ2) is 12.4. The fraction of sp³-hybridized carbons (Fsp3) is 0. The highest BCUT2D eigenvalue weighted by Gasteiger charge is 2.75. The first-order chi connectivity index (χ1) is 26.8. The molecule has 0 radical (unpaired) electrons. The van der Waals surface area contributed by atoms with E-state index in [2.05, 4.69) is 215 Å². The van der Waals surface area contributed by atoms with Crippen LogP contribution >= 0.6 is 22.7 Å². The average Bonchev–Trinajstić information content (AvgIpc) is 3.82. The van der Waals surface area contributed by atoms with E-state index in [0.717, 1.165) is 0 Å². The maximum atomic E-state index is 3.04. The molecule has 54 heavy (non-hydrogen) atoms. The van der Waals surface area contributed by atoms with Crippen LogP contribution in [0.5, 0.6) is 0 Å². The zero-order valence-corrected chi connectivity index (χ0v) is 33.0. The largest absolute Gasteiger partial charge is 0.377 e. The third kappa shape index (κ3) is 4.31. The fourth-order valence-electron chi connectivity index (χ4n) is 9.19. The van der Waals surface area contributed by atoms with Crippen molar-refractivity contribution in [2.24, 2.45) is 0 Å². The summed E-state index contributed by atoms with van der Waals surface area (Å²) in [7, 11) is -6.25. The molecule has 1 aliphatic heterocycles. The summed E-state index contributed by atoms with van der Waals surface area (Å²) in [6.07, 6.45) is 0. The third-order valence-corrected chi connectivity index (χ3v) is 25.7. The van der Waals surface area contributed by atoms with Gasteiger partial charge in [-0.15, -0.1) is 22.7 Å². The number of hydrogen-bond acceptors (Lipinski definition) is 4. The summed E-state index contributed by atoms with van der Waals surface area (Å²) < 4.78 is 11.4. The zero-order valence-electron chi connectivity index (χ0n) is 29.3. The molecule has 0 amide bonds. The van der Waals surface area contributed by atoms with Crippen molar-refractivity contribution in [2.45, 2.75) is 0 Å². The average molecular weight is 759 g/mol. The third-order valence-electron chi connectivity index (χ3n) is 11.2. The quantitative estimate of drug-likeness (QED) is 0.156. The molecule has 0 unspecified atom stereocenters. The molecule has 0 spiro atoms. The molecule has 1 aliphatic rings. The number of rotatable bonds is 6. The van der Waals surface area contributed by atoms with Gasteiger partial charge in [0.05, 0.1) is 9.40 Å². The molecule has 256 valence electrons. The number of anilines is 2. The van der Waals surface area contributed by atoms with Gasteiger partial charge in [-0.05, 0) is 45.0 Å². The van der Waals surface area contributed by atoms with Crippen molar-refractivity contribution in [1.29, 1.82) is 0 Å². The minimum atomic E-state index is -3.13. The van der Waals surface area contributed by atoms with Gasteiger partial charge in [0.25, 0.3) is 0 Å². The highest BCUT2D eigenvalue weighted by Crippen LogP contribution is 2.52. The number of benzene rings is 8. The Labute approximate surface area is 324 Å². The van der Waals surface area contributed by atoms with E-state index in [9.17, 15) is 0 Å². The number of hydrogen-bond donors (Lipinski definition) is 0. The van der Waals surface area contributed by atoms with E-state index in [4.69, 9.17) is 0 Å². The Morgan fingerprint density at radius 3 is 0.926 bits per heavy atom. The van der Waals surface area contributed by atoms with Crippen molar-refractivity contribution in [3.63, 3.8) is 0 Å². The van der Waals surface area contributed by atoms with Gasteiger partial charge in [-0.1, -0.05) is 182 Å². The lowest BCUT2D eigenvalue weighted by Gasteiger charge is -2.73. The van der Waals surface area contributed by atoms with Crippen LogP contribution in [0.3, 0.4) is 0 Å². The predicted molar refractivity (Wildman–Crippen MR) is 239 cm³/mol. The highest BCUT2D eigenvalue weighted by atomic mass is 32.1. The Balaban J connectivity index is 1.38. The molecule has 8 aromatic carbocycles. The van der Waals surface area contributed by atoms with Gasteiger partial charge in [-0.2, -0.15) is 0 Å². The zero-order chi connectivity index (χ0) is 35.7. The van der Waals surface area contributed by atoms with Gasteiger partial charge in [0, 0.05) is 42.3 Å². The molecule has 0 aliphatic carbocycles. The summed E-state index contributed by atoms with van der Waals surface area (Å²) in [4.78, 5) is 0. The predicted octanol–water partition coefficient (Wildman–Crippen LogP) is 10.3. The van der Waals surface area contributed by atoms with Gasteiger partial charge >= 0.3 is 16.8 Å². The van der Waals surface area contributed by atoms with E-state index >= 15 is 0 Å². The second-order valence-corrected chi connectivity index (χ2v) is 23.8. The SMILES string of the molecule is c1ccc([Si]2(c3ccccc3)N(c3cccc4c3sc3ccccc34)[Si](c3ccccc3)(c3ccccc3)N2c2cccc3c2sc2ccccc23)cc1. The topological polar surface area (TPSA) is 6.48 Å². The lowest BCUT2D eigenvalue weighted by atomic mass is 10.1. The van der Waals surface area contributed by atoms with E-state index in [1.54, 1.807) is 0 Å². The molecular formula is C48H34N2S2Si2. The lowest BCUT2D eigenvalue weighted by molar-refractivity contribution is 1.23. The molecule has 2 nitrogen and oxygen atoms in total. The number of nitrogens with zero attached hydrogens (tertiary/aromatic N) is 2. The molecule has 10 aromatic rings. The first-order valence-corrected chi connectivity index (χ1v) is 23.9. The second-order valence-electron chi connectivity index (χ2n) is 14.0. The van der Waals surface area contributed by atoms with Gasteiger partial charge in [0.1, 0.15) is 0 Å². The normalized spacial score (nSPS) is 14.9. The van der Waals surface area contributed by atoms with E-state index in [-0.39, 0.29) is 0 Å². The Morgan fingerprint density at radius 2 is 0.574 bits per heavy atom. The summed E-state index contributed by atoms with van der Waals surface area (Å²) in [5, 5.41) is 10.8. The van der Waals surface area contributed by atoms with Crippen LogP contribution < -0.4 is 29.2 Å². The first kappa shape index (κ1) is 31.7. The van der Waals surface area contributed by atoms with Crippen LogP contribution in [-0.4, -0.2) is 16.8 Å². The number of thiophene rings is 2. The Morgan fingerprint density at radius 1 is 0.278 bits per heavy atom. The van der Waals surface area contributed by atoms with Crippen LogP contribution in [0.25, 0.3) is 40.3 Å². The van der Waals surface area contributed by atoms with E-state index in [1.807, 2.05) is 22.7 Å². The van der Waals surface area contributed by atoms with E-state index < -0.39 is 16.8 Å². The molecule has 6 heteroatoms. The van der Waals surface area contributed by atoms with Gasteiger partial charge in [0.15, 0.2) is 0 Å². The molecule has 0 bridgehead atoms. The standard InChI is InChI=1S/C48H34N2S2Si2/c1-5-19-35(20-6-1)53(36-21-7-2-8-22-36)49(43-31-17-29-41-39-27-13-15-33-45(39)51-47(41)43)54(37-23-9-3-10-24-37,38-25-11-4-12-26-38)50(53)44-32-18-30-42-40-28-14-16-34-46(40)52-48(42)44/h1-34H. The molecule has 2 aromatic heterocycles. The Kier molecular flexibility index (Phi) is 7.29. The smallest absolute Gasteiger partial charge is 0.318 e. The Bertz CT molecular complexity index is 2670. The van der Waals surface area contributed by atoms with E-state index in [1.165, 1.54) is 72.5 Å². The van der Waals surface area contributed by atoms with Crippen LogP contribution in [0, 0.1) is 0 Å². The van der Waals surface area contributed by atoms with Gasteiger partial charge < -0.3 is 8.46 Å². The number of fused-ring (bicyclic) bond motifs is 6. The van der Waals surface area contributed by atoms with Crippen LogP contribution in [0.4, 0.5) is 11.4 Å². The lowest BCUT2D eigenvalue weighted by Crippen LogP contribution is -3.07. The molecule has 1 fully saturated rings. The van der Waals surface area contributed by atoms with Crippen molar-refractivity contribution in [1.82, 2.24) is 0 Å². The van der Waals surface area contributed by atoms with Crippen molar-refractivity contribution in [2.75, 3.05) is 8.46 Å². The van der Waals surface area contributed by atoms with Crippen LogP contribution in [0.15, 0.2) is 206 Å². The minimum Gasteiger partial charge on any atom is -0.377 e. The van der Waals surface area contributed by atoms with Crippen LogP contribution in [-0.2, 0) is 0 Å². The summed E-state index contributed by atoms with van der Waals surface area (Å²) in [5.74, 6) is 0. The Hall–Kier alpha value is -5.77. The molecule has 1 saturated heterocycles. The van der Waals surface area contributed by atoms with Crippen LogP contribution in [0.2, 0.25) is 0 Å². The summed E-state index contributed by atoms with van der Waals surface area (Å²) in [5.41, 5.74) is 2.65. The van der Waals surface area contributed by atoms with Crippen molar-refractivity contribution in [3.8, 4) is 0 Å². The first-order valence-electron chi connectivity index (χ1n) is 18.4. The van der Waals surface area contributed by atoms with E-state index in [0.29, 0.717) is 0 Å². The monoisotopic (exact) mass is 758 g/mol. The molecular weight excluding hydrogens is 725 g/mol. The maximum absolute atomic E-state index is 3.13. The molecule has 3 heterocycles. The van der Waals surface area contributed by atoms with Crippen molar-refractivity contribution < 1.29 is 0 Å². The summed E-state index contributed by atoms with van der Waals surface area (Å²) >= 11 is 3.87. The molecule has 0 saturated carbocycles. The molecule has 0 atom stereocenters. The summed E-state index contributed by atoms with van der Waals surface area (Å²) in [6.45, 7) is 0. The van der Waals surface area contributed by atoms with Crippen molar-refractivity contribution >= 4 is 112 Å². The highest BCUT2D eigenvalue weighted by molar-refractivity contribution is 7.39. The fourth-order valence-corrected chi connectivity index (χ4v) is 27.2. The minimum absolute atomic E-state index is 1.32. The van der Waals surface area contributed by atoms with Gasteiger partial charge in [-0.3, -0.25) is 0 Å².